The molecule has 0 aromatic carbocycles. The molecule has 2 atom stereocenters. The van der Waals surface area contributed by atoms with Crippen LogP contribution in [0.3, 0.4) is 0 Å². The van der Waals surface area contributed by atoms with Gasteiger partial charge in [0.1, 0.15) is 0 Å². The van der Waals surface area contributed by atoms with E-state index >= 15 is 0 Å². The Balaban J connectivity index is 1.48. The van der Waals surface area contributed by atoms with Gasteiger partial charge >= 0.3 is 0 Å². The summed E-state index contributed by atoms with van der Waals surface area (Å²) in [7, 11) is 0. The molecule has 8 heteroatoms. The summed E-state index contributed by atoms with van der Waals surface area (Å²) in [6.45, 7) is 5.77. The van der Waals surface area contributed by atoms with Crippen molar-refractivity contribution in [2.45, 2.75) is 45.4 Å². The average Bonchev–Trinajstić information content (AvgIpc) is 3.15. The highest BCUT2D eigenvalue weighted by atomic mass is 32.1. The molecule has 5 heterocycles. The number of aryl methyl sites for hydroxylation is 1. The van der Waals surface area contributed by atoms with Gasteiger partial charge < -0.3 is 10.0 Å². The van der Waals surface area contributed by atoms with Gasteiger partial charge in [-0.1, -0.05) is 0 Å². The molecule has 3 fully saturated rings. The van der Waals surface area contributed by atoms with Crippen LogP contribution in [0.2, 0.25) is 0 Å². The number of rotatable bonds is 6. The molecule has 3 saturated heterocycles. The van der Waals surface area contributed by atoms with Gasteiger partial charge in [0.15, 0.2) is 0 Å². The number of carbonyl (C=O) groups excluding carboxylic acids is 1. The number of aromatic nitrogens is 3. The van der Waals surface area contributed by atoms with Crippen molar-refractivity contribution in [1.82, 2.24) is 24.6 Å². The molecule has 0 saturated carbocycles. The SMILES string of the molecule is Cc1nn(CCO)cc1CN1C[C@H]2CC[C@@H](C1)N(Cc1cscn1)C2=O. The summed E-state index contributed by atoms with van der Waals surface area (Å²) in [4.78, 5) is 21.7. The fraction of sp³-hybridized carbons (Fsp3) is 0.611. The van der Waals surface area contributed by atoms with Gasteiger partial charge in [-0.05, 0) is 19.8 Å². The number of nitrogens with zero attached hydrogens (tertiary/aromatic N) is 5. The van der Waals surface area contributed by atoms with Gasteiger partial charge in [-0.3, -0.25) is 14.4 Å². The van der Waals surface area contributed by atoms with Crippen LogP contribution in [0.15, 0.2) is 17.1 Å². The van der Waals surface area contributed by atoms with Crippen LogP contribution in [0, 0.1) is 12.8 Å². The van der Waals surface area contributed by atoms with Crippen molar-refractivity contribution in [2.75, 3.05) is 19.7 Å². The Labute approximate surface area is 157 Å². The minimum absolute atomic E-state index is 0.0835. The van der Waals surface area contributed by atoms with Crippen molar-refractivity contribution in [3.05, 3.63) is 34.0 Å². The molecule has 2 bridgehead atoms. The number of aliphatic hydroxyl groups is 1. The first-order valence-electron chi connectivity index (χ1n) is 9.17. The zero-order valence-electron chi connectivity index (χ0n) is 15.0. The predicted molar refractivity (Wildman–Crippen MR) is 98.5 cm³/mol. The van der Waals surface area contributed by atoms with Crippen LogP contribution in [0.4, 0.5) is 0 Å². The van der Waals surface area contributed by atoms with Crippen LogP contribution in [0.5, 0.6) is 0 Å². The number of fused-ring (bicyclic) bond motifs is 4. The third kappa shape index (κ3) is 3.54. The molecule has 3 aliphatic rings. The van der Waals surface area contributed by atoms with E-state index in [0.717, 1.165) is 43.9 Å². The summed E-state index contributed by atoms with van der Waals surface area (Å²) in [5, 5.41) is 15.6. The van der Waals surface area contributed by atoms with E-state index in [9.17, 15) is 4.79 Å². The molecule has 26 heavy (non-hydrogen) atoms. The minimum atomic E-state index is 0.0835. The smallest absolute Gasteiger partial charge is 0.227 e. The van der Waals surface area contributed by atoms with E-state index < -0.39 is 0 Å². The number of amides is 1. The second-order valence-corrected chi connectivity index (χ2v) is 8.01. The molecule has 2 aromatic rings. The topological polar surface area (TPSA) is 74.5 Å². The second kappa shape index (κ2) is 7.46. The van der Waals surface area contributed by atoms with Crippen molar-refractivity contribution in [3.63, 3.8) is 0 Å². The molecule has 7 nitrogen and oxygen atoms in total. The lowest BCUT2D eigenvalue weighted by Gasteiger charge is -2.35. The second-order valence-electron chi connectivity index (χ2n) is 7.29. The summed E-state index contributed by atoms with van der Waals surface area (Å²) in [5.74, 6) is 0.365. The number of thiazole rings is 1. The van der Waals surface area contributed by atoms with Crippen LogP contribution in [0.25, 0.3) is 0 Å². The average molecular weight is 375 g/mol. The Morgan fingerprint density at radius 1 is 1.31 bits per heavy atom. The largest absolute Gasteiger partial charge is 0.394 e. The van der Waals surface area contributed by atoms with Crippen molar-refractivity contribution in [1.29, 1.82) is 0 Å². The lowest BCUT2D eigenvalue weighted by atomic mass is 9.94. The van der Waals surface area contributed by atoms with E-state index in [1.807, 2.05) is 28.9 Å². The molecule has 140 valence electrons. The zero-order chi connectivity index (χ0) is 18.1. The molecule has 1 amide bonds. The number of hydrogen-bond donors (Lipinski definition) is 1. The van der Waals surface area contributed by atoms with E-state index in [0.29, 0.717) is 13.1 Å². The maximum Gasteiger partial charge on any atom is 0.227 e. The number of piperidine rings is 1. The van der Waals surface area contributed by atoms with Crippen molar-refractivity contribution < 1.29 is 9.90 Å². The minimum Gasteiger partial charge on any atom is -0.394 e. The fourth-order valence-electron chi connectivity index (χ4n) is 4.13. The molecule has 0 spiro atoms. The summed E-state index contributed by atoms with van der Waals surface area (Å²) >= 11 is 1.58. The van der Waals surface area contributed by atoms with Gasteiger partial charge in [0.2, 0.25) is 5.91 Å². The van der Waals surface area contributed by atoms with Crippen molar-refractivity contribution in [3.8, 4) is 0 Å². The Morgan fingerprint density at radius 3 is 2.96 bits per heavy atom. The third-order valence-electron chi connectivity index (χ3n) is 5.46. The maximum atomic E-state index is 12.9. The summed E-state index contributed by atoms with van der Waals surface area (Å²) in [5.41, 5.74) is 5.00. The van der Waals surface area contributed by atoms with Crippen LogP contribution in [0.1, 0.15) is 29.8 Å². The zero-order valence-corrected chi connectivity index (χ0v) is 15.9. The molecule has 5 rings (SSSR count). The van der Waals surface area contributed by atoms with Gasteiger partial charge in [-0.2, -0.15) is 5.10 Å². The monoisotopic (exact) mass is 375 g/mol. The molecule has 0 radical (unpaired) electrons. The van der Waals surface area contributed by atoms with E-state index in [1.165, 1.54) is 5.56 Å². The van der Waals surface area contributed by atoms with Crippen molar-refractivity contribution >= 4 is 17.2 Å². The molecule has 0 unspecified atom stereocenters. The Kier molecular flexibility index (Phi) is 5.06. The summed E-state index contributed by atoms with van der Waals surface area (Å²) in [6.07, 6.45) is 4.07. The van der Waals surface area contributed by atoms with Crippen molar-refractivity contribution in [2.24, 2.45) is 5.92 Å². The first kappa shape index (κ1) is 17.6. The van der Waals surface area contributed by atoms with E-state index in [1.54, 1.807) is 16.0 Å². The molecule has 1 N–H and O–H groups in total. The highest BCUT2D eigenvalue weighted by molar-refractivity contribution is 7.07. The van der Waals surface area contributed by atoms with E-state index in [-0.39, 0.29) is 24.5 Å². The normalized spacial score (nSPS) is 23.6. The highest BCUT2D eigenvalue weighted by Gasteiger charge is 2.40. The molecule has 2 aromatic heterocycles. The van der Waals surface area contributed by atoms with E-state index in [4.69, 9.17) is 5.11 Å². The lowest BCUT2D eigenvalue weighted by Crippen LogP contribution is -2.47. The Morgan fingerprint density at radius 2 is 2.19 bits per heavy atom. The predicted octanol–water partition coefficient (Wildman–Crippen LogP) is 1.26. The third-order valence-corrected chi connectivity index (χ3v) is 6.09. The molecular weight excluding hydrogens is 350 g/mol. The Hall–Kier alpha value is -1.77. The van der Waals surface area contributed by atoms with Crippen LogP contribution in [-0.2, 0) is 24.4 Å². The first-order valence-corrected chi connectivity index (χ1v) is 10.1. The summed E-state index contributed by atoms with van der Waals surface area (Å²) < 4.78 is 1.80. The van der Waals surface area contributed by atoms with E-state index in [2.05, 4.69) is 15.0 Å². The van der Waals surface area contributed by atoms with Gasteiger partial charge in [0.05, 0.1) is 42.5 Å². The number of aliphatic hydroxyl groups excluding tert-OH is 1. The van der Waals surface area contributed by atoms with Gasteiger partial charge in [-0.25, -0.2) is 4.98 Å². The number of hydrogen-bond acceptors (Lipinski definition) is 6. The van der Waals surface area contributed by atoms with Crippen LogP contribution < -0.4 is 0 Å². The molecule has 0 aliphatic carbocycles. The maximum absolute atomic E-state index is 12.9. The van der Waals surface area contributed by atoms with Crippen LogP contribution in [-0.4, -0.2) is 61.3 Å². The van der Waals surface area contributed by atoms with Crippen LogP contribution >= 0.6 is 11.3 Å². The lowest BCUT2D eigenvalue weighted by molar-refractivity contribution is -0.140. The van der Waals surface area contributed by atoms with Gasteiger partial charge in [0, 0.05) is 42.8 Å². The fourth-order valence-corrected chi connectivity index (χ4v) is 4.68. The Bertz CT molecular complexity index is 760. The first-order chi connectivity index (χ1) is 12.6. The van der Waals surface area contributed by atoms with Gasteiger partial charge in [-0.15, -0.1) is 11.3 Å². The standard InChI is InChI=1S/C18H25N5O2S/c1-13-15(8-22(20-13)4-5-24)7-21-6-14-2-3-17(10-21)23(18(14)25)9-16-11-26-12-19-16/h8,11-12,14,17,24H,2-7,9-10H2,1H3/t14-,17+/m1/s1. The van der Waals surface area contributed by atoms with Gasteiger partial charge in [0.25, 0.3) is 0 Å². The quantitative estimate of drug-likeness (QED) is 0.823. The highest BCUT2D eigenvalue weighted by Crippen LogP contribution is 2.31. The molecular formula is C18H25N5O2S. The summed E-state index contributed by atoms with van der Waals surface area (Å²) in [6, 6.07) is 0.260. The molecule has 3 aliphatic heterocycles. The number of carbonyl (C=O) groups is 1.